The monoisotopic (exact) mass is 581 g/mol. The van der Waals surface area contributed by atoms with Crippen molar-refractivity contribution >= 4 is 50.5 Å². The summed E-state index contributed by atoms with van der Waals surface area (Å²) >= 11 is 1.12. The summed E-state index contributed by atoms with van der Waals surface area (Å²) in [7, 11) is -4.02. The highest BCUT2D eigenvalue weighted by atomic mass is 32.2. The number of piperazine rings is 1. The molecule has 1 aromatic heterocycles. The summed E-state index contributed by atoms with van der Waals surface area (Å²) < 4.78 is 28.6. The highest BCUT2D eigenvalue weighted by Gasteiger charge is 2.44. The molecule has 2 amide bonds. The topological polar surface area (TPSA) is 124 Å². The largest absolute Gasteiger partial charge is 0.477 e. The Hall–Kier alpha value is -3.54. The first kappa shape index (κ1) is 28.0. The fourth-order valence-electron chi connectivity index (χ4n) is 5.66. The zero-order valence-electron chi connectivity index (χ0n) is 22.1. The number of carbonyl (C=O) groups excluding carboxylic acids is 2. The Balaban J connectivity index is 1.51. The van der Waals surface area contributed by atoms with Crippen molar-refractivity contribution in [2.24, 2.45) is 5.92 Å². The Morgan fingerprint density at radius 1 is 1.00 bits per heavy atom. The molecule has 1 atom stereocenters. The van der Waals surface area contributed by atoms with Crippen molar-refractivity contribution in [2.45, 2.75) is 50.0 Å². The lowest BCUT2D eigenvalue weighted by molar-refractivity contribution is -0.121. The maximum Gasteiger partial charge on any atom is 0.348 e. The highest BCUT2D eigenvalue weighted by molar-refractivity contribution is 7.89. The Labute approximate surface area is 237 Å². The van der Waals surface area contributed by atoms with Crippen LogP contribution in [-0.2, 0) is 19.6 Å². The average molecular weight is 582 g/mol. The molecule has 2 aromatic carbocycles. The number of benzene rings is 2. The van der Waals surface area contributed by atoms with E-state index < -0.39 is 34.5 Å². The fourth-order valence-corrected chi connectivity index (χ4v) is 8.06. The summed E-state index contributed by atoms with van der Waals surface area (Å²) in [5.41, 5.74) is 1.65. The van der Waals surface area contributed by atoms with Gasteiger partial charge in [-0.15, -0.1) is 11.3 Å². The zero-order valence-corrected chi connectivity index (χ0v) is 23.7. The third kappa shape index (κ3) is 5.67. The van der Waals surface area contributed by atoms with Crippen LogP contribution in [0.4, 0.5) is 11.4 Å². The molecule has 1 unspecified atom stereocenters. The zero-order chi connectivity index (χ0) is 28.4. The first-order chi connectivity index (χ1) is 19.1. The molecule has 1 saturated carbocycles. The molecule has 3 aromatic rings. The number of carboxylic acid groups (broad SMARTS) is 1. The maximum absolute atomic E-state index is 13.8. The molecule has 2 heterocycles. The van der Waals surface area contributed by atoms with E-state index in [1.54, 1.807) is 11.0 Å². The van der Waals surface area contributed by atoms with Gasteiger partial charge in [-0.1, -0.05) is 49.6 Å². The molecule has 2 aliphatic rings. The molecule has 11 heteroatoms. The molecule has 1 aliphatic carbocycles. The lowest BCUT2D eigenvalue weighted by Crippen LogP contribution is -2.60. The number of hydrogen-bond acceptors (Lipinski definition) is 6. The molecule has 210 valence electrons. The number of sulfonamides is 1. The van der Waals surface area contributed by atoms with E-state index in [9.17, 15) is 27.9 Å². The second kappa shape index (κ2) is 11.5. The van der Waals surface area contributed by atoms with Gasteiger partial charge in [-0.2, -0.15) is 4.31 Å². The third-order valence-corrected chi connectivity index (χ3v) is 10.5. The SMILES string of the molecule is CC(=O)Nc1ccc(S(=O)(=O)N2CC(=O)N(c3cc(-c4ccccc4)sc3C(=O)O)C(C3CCCCC3)C2)cc1. The molecule has 5 rings (SSSR count). The Morgan fingerprint density at radius 3 is 2.30 bits per heavy atom. The van der Waals surface area contributed by atoms with E-state index in [-0.39, 0.29) is 28.1 Å². The number of carboxylic acids is 1. The number of nitrogens with zero attached hydrogens (tertiary/aromatic N) is 2. The molecule has 0 bridgehead atoms. The first-order valence-electron chi connectivity index (χ1n) is 13.3. The van der Waals surface area contributed by atoms with Crippen molar-refractivity contribution in [1.82, 2.24) is 4.31 Å². The van der Waals surface area contributed by atoms with Gasteiger partial charge in [0, 0.05) is 24.0 Å². The van der Waals surface area contributed by atoms with Crippen LogP contribution in [0.3, 0.4) is 0 Å². The number of aromatic carboxylic acids is 1. The van der Waals surface area contributed by atoms with Crippen LogP contribution in [0, 0.1) is 5.92 Å². The molecule has 0 radical (unpaired) electrons. The molecule has 1 saturated heterocycles. The molecule has 2 fully saturated rings. The fraction of sp³-hybridized carbons (Fsp3) is 0.345. The van der Waals surface area contributed by atoms with Crippen LogP contribution in [0.2, 0.25) is 0 Å². The predicted molar refractivity (Wildman–Crippen MR) is 154 cm³/mol. The Kier molecular flexibility index (Phi) is 8.07. The van der Waals surface area contributed by atoms with Crippen LogP contribution in [0.25, 0.3) is 10.4 Å². The number of nitrogens with one attached hydrogen (secondary N) is 1. The molecular weight excluding hydrogens is 550 g/mol. The number of carbonyl (C=O) groups is 3. The summed E-state index contributed by atoms with van der Waals surface area (Å²) in [5, 5.41) is 12.7. The Morgan fingerprint density at radius 2 is 1.68 bits per heavy atom. The van der Waals surface area contributed by atoms with Gasteiger partial charge in [0.05, 0.1) is 23.2 Å². The number of amides is 2. The summed E-state index contributed by atoms with van der Waals surface area (Å²) in [5.74, 6) is -1.79. The molecule has 9 nitrogen and oxygen atoms in total. The summed E-state index contributed by atoms with van der Waals surface area (Å²) in [6.07, 6.45) is 4.71. The lowest BCUT2D eigenvalue weighted by Gasteiger charge is -2.44. The van der Waals surface area contributed by atoms with E-state index in [2.05, 4.69) is 5.32 Å². The first-order valence-corrected chi connectivity index (χ1v) is 15.5. The van der Waals surface area contributed by atoms with Gasteiger partial charge in [-0.05, 0) is 54.7 Å². The summed E-state index contributed by atoms with van der Waals surface area (Å²) in [4.78, 5) is 39.9. The minimum Gasteiger partial charge on any atom is -0.477 e. The lowest BCUT2D eigenvalue weighted by atomic mass is 9.82. The number of thiophene rings is 1. The van der Waals surface area contributed by atoms with Gasteiger partial charge >= 0.3 is 5.97 Å². The molecule has 1 aliphatic heterocycles. The van der Waals surface area contributed by atoms with Crippen molar-refractivity contribution in [2.75, 3.05) is 23.3 Å². The van der Waals surface area contributed by atoms with Gasteiger partial charge in [0.15, 0.2) is 0 Å². The van der Waals surface area contributed by atoms with E-state index >= 15 is 0 Å². The van der Waals surface area contributed by atoms with Crippen LogP contribution < -0.4 is 10.2 Å². The van der Waals surface area contributed by atoms with Crippen molar-refractivity contribution in [1.29, 1.82) is 0 Å². The second-order valence-corrected chi connectivity index (χ2v) is 13.2. The summed E-state index contributed by atoms with van der Waals surface area (Å²) in [6.45, 7) is 1.05. The van der Waals surface area contributed by atoms with E-state index in [1.807, 2.05) is 30.3 Å². The van der Waals surface area contributed by atoms with Gasteiger partial charge < -0.3 is 15.3 Å². The smallest absolute Gasteiger partial charge is 0.348 e. The second-order valence-electron chi connectivity index (χ2n) is 10.2. The van der Waals surface area contributed by atoms with Crippen LogP contribution in [0.1, 0.15) is 48.7 Å². The quantitative estimate of drug-likeness (QED) is 0.402. The third-order valence-electron chi connectivity index (χ3n) is 7.53. The van der Waals surface area contributed by atoms with Gasteiger partial charge in [-0.3, -0.25) is 9.59 Å². The van der Waals surface area contributed by atoms with E-state index in [1.165, 1.54) is 35.5 Å². The van der Waals surface area contributed by atoms with E-state index in [4.69, 9.17) is 0 Å². The van der Waals surface area contributed by atoms with Crippen molar-refractivity contribution in [3.63, 3.8) is 0 Å². The van der Waals surface area contributed by atoms with Crippen molar-refractivity contribution < 1.29 is 27.9 Å². The minimum absolute atomic E-state index is 0.0263. The number of hydrogen-bond donors (Lipinski definition) is 2. The average Bonchev–Trinajstić information content (AvgIpc) is 3.39. The normalized spacial score (nSPS) is 19.0. The van der Waals surface area contributed by atoms with Crippen LogP contribution in [0.5, 0.6) is 0 Å². The van der Waals surface area contributed by atoms with Gasteiger partial charge in [0.1, 0.15) is 4.88 Å². The highest BCUT2D eigenvalue weighted by Crippen LogP contribution is 2.42. The van der Waals surface area contributed by atoms with Crippen LogP contribution >= 0.6 is 11.3 Å². The summed E-state index contributed by atoms with van der Waals surface area (Å²) in [6, 6.07) is 16.5. The van der Waals surface area contributed by atoms with Crippen molar-refractivity contribution in [3.8, 4) is 10.4 Å². The Bertz CT molecular complexity index is 1510. The van der Waals surface area contributed by atoms with Crippen molar-refractivity contribution in [3.05, 3.63) is 65.5 Å². The number of rotatable bonds is 7. The van der Waals surface area contributed by atoms with Gasteiger partial charge in [-0.25, -0.2) is 13.2 Å². The van der Waals surface area contributed by atoms with Gasteiger partial charge in [0.2, 0.25) is 21.8 Å². The molecule has 40 heavy (non-hydrogen) atoms. The maximum atomic E-state index is 13.8. The predicted octanol–water partition coefficient (Wildman–Crippen LogP) is 5.06. The molecular formula is C29H31N3O6S2. The minimum atomic E-state index is -4.02. The standard InChI is InChI=1S/C29H31N3O6S2/c1-19(33)30-22-12-14-23(15-13-22)40(37,38)31-17-25(20-8-4-2-5-9-20)32(27(34)18-31)24-16-26(39-28(24)29(35)36)21-10-6-3-7-11-21/h3,6-7,10-16,20,25H,2,4-5,8-9,17-18H2,1H3,(H,30,33)(H,35,36). The van der Waals surface area contributed by atoms with Crippen LogP contribution in [-0.4, -0.2) is 54.7 Å². The van der Waals surface area contributed by atoms with E-state index in [0.29, 0.717) is 11.4 Å². The van der Waals surface area contributed by atoms with Crippen LogP contribution in [0.15, 0.2) is 65.6 Å². The van der Waals surface area contributed by atoms with Gasteiger partial charge in [0.25, 0.3) is 0 Å². The van der Waals surface area contributed by atoms with E-state index in [0.717, 1.165) is 53.9 Å². The molecule has 0 spiro atoms. The molecule has 2 N–H and O–H groups in total. The number of anilines is 2.